The molecule has 1 heterocycles. The molecule has 0 fully saturated rings. The molecule has 2 N–H and O–H groups in total. The van der Waals surface area contributed by atoms with Gasteiger partial charge in [0.1, 0.15) is 17.4 Å². The molecule has 0 bridgehead atoms. The smallest absolute Gasteiger partial charge is 0.262 e. The quantitative estimate of drug-likeness (QED) is 0.360. The lowest BCUT2D eigenvalue weighted by Crippen LogP contribution is -2.22. The molecule has 0 aliphatic rings. The molecule has 0 radical (unpaired) electrons. The first-order chi connectivity index (χ1) is 16.5. The van der Waals surface area contributed by atoms with Gasteiger partial charge in [-0.15, -0.1) is 11.3 Å². The molecule has 6 nitrogen and oxygen atoms in total. The summed E-state index contributed by atoms with van der Waals surface area (Å²) < 4.78 is 32.3. The molecule has 9 heteroatoms. The Morgan fingerprint density at radius 1 is 0.912 bits per heavy atom. The molecular weight excluding hydrogens is 460 g/mol. The zero-order chi connectivity index (χ0) is 23.9. The summed E-state index contributed by atoms with van der Waals surface area (Å²) >= 11 is 1.30. The van der Waals surface area contributed by atoms with Crippen molar-refractivity contribution < 1.29 is 23.1 Å². The number of carbonyl (C=O) groups is 2. The first-order valence-corrected chi connectivity index (χ1v) is 11.1. The number of thiazole rings is 1. The zero-order valence-electron chi connectivity index (χ0n) is 17.8. The van der Waals surface area contributed by atoms with Gasteiger partial charge in [-0.1, -0.05) is 36.4 Å². The number of anilines is 2. The molecule has 0 aliphatic carbocycles. The number of ether oxygens (including phenoxy) is 1. The Morgan fingerprint density at radius 2 is 1.65 bits per heavy atom. The van der Waals surface area contributed by atoms with E-state index in [0.717, 1.165) is 10.4 Å². The summed E-state index contributed by atoms with van der Waals surface area (Å²) in [4.78, 5) is 30.1. The predicted molar refractivity (Wildman–Crippen MR) is 126 cm³/mol. The molecule has 34 heavy (non-hydrogen) atoms. The van der Waals surface area contributed by atoms with E-state index in [1.807, 2.05) is 0 Å². The maximum atomic E-state index is 13.7. The number of halogens is 2. The van der Waals surface area contributed by atoms with Crippen molar-refractivity contribution in [2.75, 3.05) is 17.2 Å². The van der Waals surface area contributed by atoms with Gasteiger partial charge in [0.2, 0.25) is 0 Å². The van der Waals surface area contributed by atoms with Crippen LogP contribution in [0.2, 0.25) is 0 Å². The molecule has 0 aliphatic heterocycles. The third kappa shape index (κ3) is 6.02. The molecule has 3 aromatic carbocycles. The average molecular weight is 480 g/mol. The summed E-state index contributed by atoms with van der Waals surface area (Å²) in [7, 11) is 0. The number of nitrogens with zero attached hydrogens (tertiary/aromatic N) is 1. The Balaban J connectivity index is 1.37. The summed E-state index contributed by atoms with van der Waals surface area (Å²) in [5, 5.41) is 5.55. The second-order valence-corrected chi connectivity index (χ2v) is 8.32. The van der Waals surface area contributed by atoms with Crippen LogP contribution in [0.25, 0.3) is 0 Å². The highest BCUT2D eigenvalue weighted by Crippen LogP contribution is 2.24. The van der Waals surface area contributed by atoms with Gasteiger partial charge in [0.05, 0.1) is 11.3 Å². The van der Waals surface area contributed by atoms with E-state index in [2.05, 4.69) is 15.6 Å². The second-order valence-electron chi connectivity index (χ2n) is 7.20. The van der Waals surface area contributed by atoms with Crippen LogP contribution in [0.5, 0.6) is 5.75 Å². The molecule has 0 atom stereocenters. The Bertz CT molecular complexity index is 1310. The highest BCUT2D eigenvalue weighted by atomic mass is 32.1. The number of benzene rings is 3. The monoisotopic (exact) mass is 479 g/mol. The number of rotatable bonds is 8. The van der Waals surface area contributed by atoms with Gasteiger partial charge in [-0.2, -0.15) is 0 Å². The van der Waals surface area contributed by atoms with Gasteiger partial charge < -0.3 is 10.1 Å². The van der Waals surface area contributed by atoms with E-state index in [-0.39, 0.29) is 22.8 Å². The normalized spacial score (nSPS) is 10.5. The van der Waals surface area contributed by atoms with Crippen LogP contribution in [0.1, 0.15) is 20.8 Å². The van der Waals surface area contributed by atoms with Gasteiger partial charge in [0, 0.05) is 17.5 Å². The van der Waals surface area contributed by atoms with Crippen molar-refractivity contribution in [2.24, 2.45) is 0 Å². The van der Waals surface area contributed by atoms with Gasteiger partial charge >= 0.3 is 0 Å². The van der Waals surface area contributed by atoms with Crippen LogP contribution in [0.15, 0.2) is 79.0 Å². The number of nitrogens with one attached hydrogen (secondary N) is 2. The topological polar surface area (TPSA) is 80.3 Å². The lowest BCUT2D eigenvalue weighted by molar-refractivity contribution is -0.118. The Morgan fingerprint density at radius 3 is 2.44 bits per heavy atom. The fourth-order valence-corrected chi connectivity index (χ4v) is 3.93. The Hall–Kier alpha value is -4.11. The summed E-state index contributed by atoms with van der Waals surface area (Å²) in [6, 6.07) is 18.4. The fraction of sp³-hybridized carbons (Fsp3) is 0.0800. The van der Waals surface area contributed by atoms with Crippen LogP contribution in [-0.4, -0.2) is 23.4 Å². The van der Waals surface area contributed by atoms with Crippen molar-refractivity contribution >= 4 is 34.0 Å². The van der Waals surface area contributed by atoms with Gasteiger partial charge in [0.25, 0.3) is 11.8 Å². The first-order valence-electron chi connectivity index (χ1n) is 10.2. The molecule has 0 spiro atoms. The van der Waals surface area contributed by atoms with E-state index >= 15 is 0 Å². The molecule has 1 aromatic heterocycles. The molecule has 4 rings (SSSR count). The van der Waals surface area contributed by atoms with Crippen LogP contribution in [0, 0.1) is 11.6 Å². The van der Waals surface area contributed by atoms with Crippen molar-refractivity contribution in [2.45, 2.75) is 6.42 Å². The Kier molecular flexibility index (Phi) is 7.24. The van der Waals surface area contributed by atoms with Gasteiger partial charge in [-0.25, -0.2) is 13.8 Å². The standard InChI is InChI=1S/C25H19F2N3O3S/c26-17-11-9-16(10-12-17)13-18-14-28-25(34-18)30-24(32)19-5-1-4-8-22(19)33-15-23(31)29-21-7-3-2-6-20(21)27/h1-12,14H,13,15H2,(H,29,31)(H,28,30,32). The van der Waals surface area contributed by atoms with Crippen LogP contribution in [-0.2, 0) is 11.2 Å². The maximum absolute atomic E-state index is 13.7. The minimum absolute atomic E-state index is 0.0438. The minimum atomic E-state index is -0.564. The zero-order valence-corrected chi connectivity index (χ0v) is 18.6. The van der Waals surface area contributed by atoms with E-state index in [4.69, 9.17) is 4.74 Å². The van der Waals surface area contributed by atoms with Crippen molar-refractivity contribution in [1.29, 1.82) is 0 Å². The molecule has 172 valence electrons. The fourth-order valence-electron chi connectivity index (χ4n) is 3.09. The summed E-state index contributed by atoms with van der Waals surface area (Å²) in [5.74, 6) is -1.67. The molecule has 2 amide bonds. The highest BCUT2D eigenvalue weighted by Gasteiger charge is 2.16. The SMILES string of the molecule is O=C(COc1ccccc1C(=O)Nc1ncc(Cc2ccc(F)cc2)s1)Nc1ccccc1F. The number of carbonyl (C=O) groups excluding carboxylic acids is 2. The third-order valence-corrected chi connectivity index (χ3v) is 5.62. The summed E-state index contributed by atoms with van der Waals surface area (Å²) in [5.41, 5.74) is 1.19. The van der Waals surface area contributed by atoms with Gasteiger partial charge in [0.15, 0.2) is 11.7 Å². The van der Waals surface area contributed by atoms with Crippen LogP contribution in [0.4, 0.5) is 19.6 Å². The van der Waals surface area contributed by atoms with Crippen molar-refractivity contribution in [1.82, 2.24) is 4.98 Å². The average Bonchev–Trinajstić information content (AvgIpc) is 3.27. The largest absolute Gasteiger partial charge is 0.483 e. The number of aromatic nitrogens is 1. The summed E-state index contributed by atoms with van der Waals surface area (Å²) in [6.07, 6.45) is 2.21. The molecular formula is C25H19F2N3O3S. The maximum Gasteiger partial charge on any atom is 0.262 e. The van der Waals surface area contributed by atoms with Crippen LogP contribution >= 0.6 is 11.3 Å². The summed E-state index contributed by atoms with van der Waals surface area (Å²) in [6.45, 7) is -0.405. The lowest BCUT2D eigenvalue weighted by Gasteiger charge is -2.11. The number of hydrogen-bond acceptors (Lipinski definition) is 5. The lowest BCUT2D eigenvalue weighted by atomic mass is 10.1. The Labute approximate surface area is 198 Å². The molecule has 0 saturated heterocycles. The van der Waals surface area contributed by atoms with E-state index < -0.39 is 24.2 Å². The number of hydrogen-bond donors (Lipinski definition) is 2. The van der Waals surface area contributed by atoms with E-state index in [1.54, 1.807) is 48.7 Å². The second kappa shape index (κ2) is 10.7. The van der Waals surface area contributed by atoms with Crippen LogP contribution < -0.4 is 15.4 Å². The van der Waals surface area contributed by atoms with E-state index in [0.29, 0.717) is 11.6 Å². The minimum Gasteiger partial charge on any atom is -0.483 e. The van der Waals surface area contributed by atoms with Crippen LogP contribution in [0.3, 0.4) is 0 Å². The first kappa shape index (κ1) is 23.1. The van der Waals surface area contributed by atoms with E-state index in [9.17, 15) is 18.4 Å². The molecule has 0 saturated carbocycles. The third-order valence-electron chi connectivity index (χ3n) is 4.70. The van der Waals surface area contributed by atoms with Crippen molar-refractivity contribution in [3.63, 3.8) is 0 Å². The van der Waals surface area contributed by atoms with E-state index in [1.165, 1.54) is 41.7 Å². The van der Waals surface area contributed by atoms with Crippen molar-refractivity contribution in [3.8, 4) is 5.75 Å². The van der Waals surface area contributed by atoms with Crippen molar-refractivity contribution in [3.05, 3.63) is 107 Å². The predicted octanol–water partition coefficient (Wildman–Crippen LogP) is 5.28. The molecule has 4 aromatic rings. The molecule has 0 unspecified atom stereocenters. The number of amides is 2. The number of para-hydroxylation sites is 2. The van der Waals surface area contributed by atoms with Gasteiger partial charge in [-0.3, -0.25) is 14.9 Å². The highest BCUT2D eigenvalue weighted by molar-refractivity contribution is 7.15. The van der Waals surface area contributed by atoms with Gasteiger partial charge in [-0.05, 0) is 42.0 Å².